The molecule has 0 amide bonds. The van der Waals surface area contributed by atoms with Crippen molar-refractivity contribution in [2.75, 3.05) is 0 Å². The topological polar surface area (TPSA) is 26.3 Å². The molecule has 0 N–H and O–H groups in total. The summed E-state index contributed by atoms with van der Waals surface area (Å²) in [6, 6.07) is 7.64. The summed E-state index contributed by atoms with van der Waals surface area (Å²) in [6.45, 7) is 0. The Kier molecular flexibility index (Phi) is 18.6. The highest BCUT2D eigenvalue weighted by Gasteiger charge is 2.99. The summed E-state index contributed by atoms with van der Waals surface area (Å²) in [4.78, 5) is 12.5. The van der Waals surface area contributed by atoms with E-state index in [2.05, 4.69) is 0 Å². The van der Waals surface area contributed by atoms with Crippen molar-refractivity contribution in [3.05, 3.63) is 68.5 Å². The van der Waals surface area contributed by atoms with Crippen LogP contribution in [-0.4, -0.2) is 71.4 Å². The van der Waals surface area contributed by atoms with Crippen LogP contribution in [0.5, 0.6) is 0 Å². The van der Waals surface area contributed by atoms with Crippen LogP contribution in [0.2, 0.25) is 0 Å². The molecule has 0 fully saturated rings. The summed E-state index contributed by atoms with van der Waals surface area (Å²) in [5.41, 5.74) is 0. The molecule has 0 aliphatic rings. The maximum atomic E-state index is 16.0. The van der Waals surface area contributed by atoms with Gasteiger partial charge in [0.1, 0.15) is 0 Å². The Hall–Kier alpha value is 2.44. The van der Waals surface area contributed by atoms with Crippen LogP contribution in [0, 0.1) is 32.1 Å². The molecule has 0 radical (unpaired) electrons. The van der Waals surface area contributed by atoms with Gasteiger partial charge in [-0.05, 0) is 250 Å². The van der Waals surface area contributed by atoms with E-state index in [1.54, 1.807) is 67.8 Å². The van der Waals surface area contributed by atoms with E-state index in [9.17, 15) is 79.4 Å². The molecule has 0 saturated carbocycles. The van der Waals surface area contributed by atoms with E-state index in [4.69, 9.17) is 4.18 Å². The third kappa shape index (κ3) is 9.61. The van der Waals surface area contributed by atoms with Gasteiger partial charge in [-0.3, -0.25) is 0 Å². The van der Waals surface area contributed by atoms with Gasteiger partial charge >= 0.3 is 71.4 Å². The minimum Gasteiger partial charge on any atom is -0.397 e. The second-order valence-corrected chi connectivity index (χ2v) is 25.5. The van der Waals surface area contributed by atoms with Gasteiger partial charge in [0.25, 0.3) is 0 Å². The predicted octanol–water partition coefficient (Wildman–Crippen LogP) is 17.8. The zero-order chi connectivity index (χ0) is 51.5. The molecule has 368 valence electrons. The van der Waals surface area contributed by atoms with Gasteiger partial charge in [-0.2, -0.15) is 101 Å². The summed E-state index contributed by atoms with van der Waals surface area (Å²) < 4.78 is 335. The van der Waals surface area contributed by atoms with E-state index in [1.807, 2.05) is 0 Å². The number of halogens is 32. The van der Waals surface area contributed by atoms with E-state index >= 15 is 26.3 Å². The van der Waals surface area contributed by atoms with Gasteiger partial charge in [0.05, 0.1) is 14.7 Å². The Morgan fingerprint density at radius 3 is 0.723 bits per heavy atom. The summed E-state index contributed by atoms with van der Waals surface area (Å²) in [5, 5.41) is 0. The molecule has 3 rings (SSSR count). The zero-order valence-corrected chi connectivity index (χ0v) is 49.0. The van der Waals surface area contributed by atoms with Gasteiger partial charge in [-0.15, -0.1) is 0 Å². The normalized spacial score (nSPS) is 15.1. The number of carbonyl (C=O) groups excluding carboxylic acids is 1. The molecule has 65 heavy (non-hydrogen) atoms. The van der Waals surface area contributed by atoms with Crippen molar-refractivity contribution in [3.63, 3.8) is 0 Å². The molecule has 0 bridgehead atoms. The molecule has 0 aromatic heterocycles. The van der Waals surface area contributed by atoms with Gasteiger partial charge in [-0.1, -0.05) is 0 Å². The molecule has 0 spiro atoms. The first-order valence-corrected chi connectivity index (χ1v) is 26.2. The maximum Gasteiger partial charge on any atom is 0.460 e. The van der Waals surface area contributed by atoms with E-state index < -0.39 is 81.7 Å². The lowest BCUT2D eigenvalue weighted by Gasteiger charge is -2.46. The summed E-state index contributed by atoms with van der Waals surface area (Å²) >= 11 is 14.4. The van der Waals surface area contributed by atoms with Crippen molar-refractivity contribution in [1.82, 2.24) is 0 Å². The van der Waals surface area contributed by atoms with Gasteiger partial charge < -0.3 is 4.18 Å². The summed E-state index contributed by atoms with van der Waals surface area (Å²) in [6.07, 6.45) is -8.17. The smallest absolute Gasteiger partial charge is 0.397 e. The van der Waals surface area contributed by atoms with Crippen LogP contribution in [0.4, 0.5) is 101 Å². The average molecular weight is 2010 g/mol. The molecule has 3 aromatic carbocycles. The van der Waals surface area contributed by atoms with Crippen molar-refractivity contribution in [1.29, 1.82) is 0 Å². The lowest BCUT2D eigenvalue weighted by molar-refractivity contribution is -0.477. The molecule has 2 nitrogen and oxygen atoms in total. The number of hydrogen-bond donors (Lipinski definition) is 0. The lowest BCUT2D eigenvalue weighted by atomic mass is 9.85. The van der Waals surface area contributed by atoms with Crippen LogP contribution in [0.3, 0.4) is 0 Å². The van der Waals surface area contributed by atoms with Gasteiger partial charge in [-0.25, -0.2) is 4.79 Å². The minimum atomic E-state index is -9.58. The van der Waals surface area contributed by atoms with Crippen LogP contribution in [0.25, 0.3) is 0 Å². The quantitative estimate of drug-likeness (QED) is 0.119. The van der Waals surface area contributed by atoms with Crippen molar-refractivity contribution in [2.45, 2.75) is 80.1 Å². The van der Waals surface area contributed by atoms with Gasteiger partial charge in [0, 0.05) is 32.1 Å². The minimum absolute atomic E-state index is 0.0814. The molecular weight excluding hydrogens is 2000 g/mol. The summed E-state index contributed by atoms with van der Waals surface area (Å²) in [7, 11) is -4.63. The molecule has 3 aromatic rings. The maximum absolute atomic E-state index is 16.0. The van der Waals surface area contributed by atoms with Crippen LogP contribution in [-0.2, 0) is 8.98 Å². The van der Waals surface area contributed by atoms with Gasteiger partial charge in [0.15, 0.2) is 0 Å². The molecule has 0 unspecified atom stereocenters. The number of benzene rings is 3. The molecule has 0 aliphatic heterocycles. The molecule has 0 atom stereocenters. The largest absolute Gasteiger partial charge is 0.460 e. The molecule has 0 aliphatic carbocycles. The molecule has 0 saturated heterocycles. The second-order valence-electron chi connectivity index (χ2n) is 12.3. The SMILES string of the molecule is O=C(OS(c1c(I)cc(I)cc1I)(c1c(I)cc(I)cc1I)c1c(I)cc(I)cc1I)C(F)(F)C(F)(F)C(F)(F)C(F)(F)C(F)(F)C(F)(F)C(F)(F)C(F)(F)C(F)(F)C(F)(F)C(F)(F)F. The Bertz CT molecular complexity index is 2170. The monoisotopic (exact) mass is 2010 g/mol. The van der Waals surface area contributed by atoms with Crippen LogP contribution < -0.4 is 0 Å². The van der Waals surface area contributed by atoms with Crippen molar-refractivity contribution in [2.24, 2.45) is 0 Å². The first-order valence-electron chi connectivity index (χ1n) is 14.9. The van der Waals surface area contributed by atoms with Crippen molar-refractivity contribution in [3.8, 4) is 0 Å². The number of alkyl halides is 23. The van der Waals surface area contributed by atoms with Crippen LogP contribution >= 0.6 is 214 Å². The number of rotatable bonds is 14. The fraction of sp³-hybridized carbons (Fsp3) is 0.367. The molecule has 0 heterocycles. The average Bonchev–Trinajstić information content (AvgIpc) is 3.08. The highest BCUT2D eigenvalue weighted by atomic mass is 127. The Morgan fingerprint density at radius 1 is 0.338 bits per heavy atom. The van der Waals surface area contributed by atoms with Crippen molar-refractivity contribution < 1.29 is 110 Å². The number of hydrogen-bond acceptors (Lipinski definition) is 2. The zero-order valence-electron chi connectivity index (χ0n) is 28.8. The van der Waals surface area contributed by atoms with Crippen LogP contribution in [0.1, 0.15) is 0 Å². The highest BCUT2D eigenvalue weighted by Crippen LogP contribution is 2.75. The van der Waals surface area contributed by atoms with Crippen molar-refractivity contribution >= 4 is 220 Å². The highest BCUT2D eigenvalue weighted by molar-refractivity contribution is 14.1. The third-order valence-electron chi connectivity index (χ3n) is 8.11. The Morgan fingerprint density at radius 2 is 0.523 bits per heavy atom. The fourth-order valence-corrected chi connectivity index (χ4v) is 24.4. The lowest BCUT2D eigenvalue weighted by Crippen LogP contribution is -2.78. The second kappa shape index (κ2) is 19.6. The van der Waals surface area contributed by atoms with Crippen LogP contribution in [0.15, 0.2) is 51.1 Å². The first kappa shape index (κ1) is 61.7. The van der Waals surface area contributed by atoms with E-state index in [0.29, 0.717) is 10.7 Å². The predicted molar refractivity (Wildman–Crippen MR) is 258 cm³/mol. The van der Waals surface area contributed by atoms with Gasteiger partial charge in [0.2, 0.25) is 0 Å². The Balaban J connectivity index is 2.45. The summed E-state index contributed by atoms with van der Waals surface area (Å²) in [5.74, 6) is -94.8. The first-order chi connectivity index (χ1) is 28.6. The fourth-order valence-electron chi connectivity index (χ4n) is 4.89. The third-order valence-corrected chi connectivity index (χ3v) is 20.7. The van der Waals surface area contributed by atoms with E-state index in [1.165, 1.54) is 172 Å². The number of carbonyl (C=O) groups is 1. The molecule has 35 heteroatoms. The Labute approximate surface area is 471 Å². The standard InChI is InChI=1S/C30H6F23I9O2S/c31-20(32,21(33,34)22(35,36)23(37,38)24(39,40)25(41,42)26(43,44)27(45,46)28(47,48)29(49,50)30(51,52)53)19(63)64-65(16-10(57)1-7(54)2-11(16)58,17-12(59)3-8(55)4-13(17)60)18-14(61)5-9(56)6-15(18)62/h1-6H. The van der Waals surface area contributed by atoms with E-state index in [-0.39, 0.29) is 36.1 Å². The molecular formula is C30H6F23I9O2S. The van der Waals surface area contributed by atoms with E-state index in [0.717, 1.165) is 0 Å².